The summed E-state index contributed by atoms with van der Waals surface area (Å²) in [5.41, 5.74) is 4.88. The van der Waals surface area contributed by atoms with E-state index in [-0.39, 0.29) is 17.8 Å². The minimum Gasteiger partial charge on any atom is -0.482 e. The van der Waals surface area contributed by atoms with E-state index in [1.165, 1.54) is 17.3 Å². The quantitative estimate of drug-likeness (QED) is 0.132. The summed E-state index contributed by atoms with van der Waals surface area (Å²) in [6.07, 6.45) is 1.40. The molecule has 7 nitrogen and oxygen atoms in total. The highest BCUT2D eigenvalue weighted by Gasteiger charge is 2.20. The molecule has 3 aromatic carbocycles. The largest absolute Gasteiger partial charge is 0.482 e. The molecule has 0 aliphatic heterocycles. The Balaban J connectivity index is 1.21. The summed E-state index contributed by atoms with van der Waals surface area (Å²) in [5, 5.41) is 13.9. The Kier molecular flexibility index (Phi) is 8.54. The Labute approximate surface area is 246 Å². The van der Waals surface area contributed by atoms with Crippen molar-refractivity contribution >= 4 is 56.5 Å². The summed E-state index contributed by atoms with van der Waals surface area (Å²) in [5.74, 6) is 1.42. The van der Waals surface area contributed by atoms with Crippen LogP contribution in [-0.2, 0) is 11.3 Å². The minimum absolute atomic E-state index is 0.135. The number of benzene rings is 3. The van der Waals surface area contributed by atoms with Gasteiger partial charge >= 0.3 is 0 Å². The lowest BCUT2D eigenvalue weighted by atomic mass is 10.2. The number of amides is 1. The van der Waals surface area contributed by atoms with E-state index in [0.29, 0.717) is 22.5 Å². The van der Waals surface area contributed by atoms with Crippen molar-refractivity contribution in [3.8, 4) is 16.3 Å². The number of thiazole rings is 1. The first-order valence-electron chi connectivity index (χ1n) is 12.7. The van der Waals surface area contributed by atoms with Crippen LogP contribution in [0.15, 0.2) is 78.5 Å². The Hall–Kier alpha value is -3.66. The lowest BCUT2D eigenvalue weighted by Gasteiger charge is -2.17. The van der Waals surface area contributed by atoms with E-state index in [0.717, 1.165) is 37.8 Å². The molecule has 1 atom stereocenters. The first-order chi connectivity index (χ1) is 19.3. The summed E-state index contributed by atoms with van der Waals surface area (Å²) >= 11 is 9.05. The summed E-state index contributed by atoms with van der Waals surface area (Å²) in [7, 11) is 0. The maximum absolute atomic E-state index is 12.8. The number of carbonyl (C=O) groups is 1. The van der Waals surface area contributed by atoms with Gasteiger partial charge in [-0.25, -0.2) is 4.98 Å². The molecule has 1 N–H and O–H groups in total. The van der Waals surface area contributed by atoms with Crippen molar-refractivity contribution in [2.45, 2.75) is 38.6 Å². The Morgan fingerprint density at radius 3 is 2.70 bits per heavy atom. The highest BCUT2D eigenvalue weighted by molar-refractivity contribution is 7.99. The first kappa shape index (κ1) is 27.9. The second-order valence-corrected chi connectivity index (χ2v) is 11.7. The third kappa shape index (κ3) is 6.38. The topological polar surface area (TPSA) is 81.9 Å². The number of nitrogens with zero attached hydrogens (tertiary/aromatic N) is 4. The predicted octanol–water partition coefficient (Wildman–Crippen LogP) is 7.88. The van der Waals surface area contributed by atoms with E-state index in [1.807, 2.05) is 60.9 Å². The van der Waals surface area contributed by atoms with E-state index in [4.69, 9.17) is 21.3 Å². The number of aromatic nitrogens is 4. The lowest BCUT2D eigenvalue weighted by molar-refractivity contribution is -0.113. The molecule has 0 bridgehead atoms. The zero-order valence-electron chi connectivity index (χ0n) is 22.3. The fourth-order valence-corrected chi connectivity index (χ4v) is 6.23. The van der Waals surface area contributed by atoms with Crippen LogP contribution in [0.3, 0.4) is 0 Å². The van der Waals surface area contributed by atoms with Gasteiger partial charge in [-0.3, -0.25) is 9.36 Å². The molecule has 10 heteroatoms. The second kappa shape index (κ2) is 12.2. The zero-order chi connectivity index (χ0) is 28.2. The minimum atomic E-state index is -0.367. The first-order valence-corrected chi connectivity index (χ1v) is 14.9. The molecular formula is C30H28ClN5O2S2. The molecule has 2 heterocycles. The number of allylic oxidation sites excluding steroid dienone is 1. The highest BCUT2D eigenvalue weighted by Crippen LogP contribution is 2.32. The molecule has 0 spiro atoms. The molecule has 5 rings (SSSR count). The maximum atomic E-state index is 12.8. The van der Waals surface area contributed by atoms with Crippen molar-refractivity contribution in [2.75, 3.05) is 11.1 Å². The molecule has 0 saturated heterocycles. The second-order valence-electron chi connectivity index (χ2n) is 9.31. The number of nitrogens with one attached hydrogen (secondary N) is 1. The van der Waals surface area contributed by atoms with Crippen LogP contribution >= 0.6 is 34.7 Å². The number of thioether (sulfide) groups is 1. The average molecular weight is 590 g/mol. The van der Waals surface area contributed by atoms with Gasteiger partial charge in [0.15, 0.2) is 17.1 Å². The predicted molar refractivity (Wildman–Crippen MR) is 165 cm³/mol. The third-order valence-corrected chi connectivity index (χ3v) is 8.42. The molecule has 5 aromatic rings. The number of anilines is 1. The summed E-state index contributed by atoms with van der Waals surface area (Å²) in [6.45, 7) is 10.3. The van der Waals surface area contributed by atoms with Crippen molar-refractivity contribution in [1.29, 1.82) is 0 Å². The van der Waals surface area contributed by atoms with Crippen LogP contribution in [0.4, 0.5) is 5.69 Å². The van der Waals surface area contributed by atoms with E-state index >= 15 is 0 Å². The number of carbonyl (C=O) groups excluding carboxylic acids is 1. The summed E-state index contributed by atoms with van der Waals surface area (Å²) < 4.78 is 9.22. The molecule has 204 valence electrons. The van der Waals surface area contributed by atoms with Gasteiger partial charge in [0.1, 0.15) is 10.8 Å². The molecule has 2 aromatic heterocycles. The van der Waals surface area contributed by atoms with Gasteiger partial charge in [-0.1, -0.05) is 35.5 Å². The van der Waals surface area contributed by atoms with Crippen molar-refractivity contribution in [1.82, 2.24) is 19.7 Å². The molecular weight excluding hydrogens is 562 g/mol. The van der Waals surface area contributed by atoms with Gasteiger partial charge in [0, 0.05) is 22.8 Å². The molecule has 0 radical (unpaired) electrons. The Morgan fingerprint density at radius 2 is 1.95 bits per heavy atom. The van der Waals surface area contributed by atoms with E-state index in [9.17, 15) is 4.79 Å². The standard InChI is InChI=1S/C30H28ClN5O2S2/c1-5-14-36-28(20(4)38-25-13-9-22(31)16-19(25)3)34-35-30(36)39-17-27(37)32-23-10-7-21(8-11-23)29-33-24-12-6-18(2)15-26(24)40-29/h5-13,15-16,20H,1,14,17H2,2-4H3,(H,32,37). The van der Waals surface area contributed by atoms with Crippen LogP contribution in [-0.4, -0.2) is 31.4 Å². The number of hydrogen-bond donors (Lipinski definition) is 1. The molecule has 0 fully saturated rings. The smallest absolute Gasteiger partial charge is 0.234 e. The van der Waals surface area contributed by atoms with Gasteiger partial charge < -0.3 is 10.1 Å². The van der Waals surface area contributed by atoms with Crippen LogP contribution in [0.2, 0.25) is 5.02 Å². The fourth-order valence-electron chi connectivity index (χ4n) is 4.18. The number of ether oxygens (including phenoxy) is 1. The molecule has 0 saturated carbocycles. The lowest BCUT2D eigenvalue weighted by Crippen LogP contribution is -2.15. The molecule has 1 unspecified atom stereocenters. The normalized spacial score (nSPS) is 11.9. The van der Waals surface area contributed by atoms with Crippen molar-refractivity contribution in [3.05, 3.63) is 95.3 Å². The Morgan fingerprint density at radius 1 is 1.15 bits per heavy atom. The van der Waals surface area contributed by atoms with Gasteiger partial charge in [-0.2, -0.15) is 0 Å². The third-order valence-electron chi connectivity index (χ3n) is 6.15. The van der Waals surface area contributed by atoms with Crippen LogP contribution in [0.25, 0.3) is 20.8 Å². The van der Waals surface area contributed by atoms with Gasteiger partial charge in [-0.15, -0.1) is 28.1 Å². The number of aryl methyl sites for hydroxylation is 2. The van der Waals surface area contributed by atoms with E-state index < -0.39 is 0 Å². The average Bonchev–Trinajstić information content (AvgIpc) is 3.53. The maximum Gasteiger partial charge on any atom is 0.234 e. The molecule has 0 aliphatic carbocycles. The van der Waals surface area contributed by atoms with Crippen LogP contribution in [0.1, 0.15) is 30.0 Å². The van der Waals surface area contributed by atoms with Gasteiger partial charge in [0.05, 0.1) is 16.0 Å². The van der Waals surface area contributed by atoms with E-state index in [1.54, 1.807) is 23.5 Å². The Bertz CT molecular complexity index is 1680. The molecule has 0 aliphatic rings. The van der Waals surface area contributed by atoms with Crippen molar-refractivity contribution in [2.24, 2.45) is 0 Å². The SMILES string of the molecule is C=CCn1c(SCC(=O)Nc2ccc(-c3nc4ccc(C)cc4s3)cc2)nnc1C(C)Oc1ccc(Cl)cc1C. The van der Waals surface area contributed by atoms with Crippen LogP contribution in [0.5, 0.6) is 5.75 Å². The molecule has 1 amide bonds. The molecule has 40 heavy (non-hydrogen) atoms. The fraction of sp³-hybridized carbons (Fsp3) is 0.200. The highest BCUT2D eigenvalue weighted by atomic mass is 35.5. The summed E-state index contributed by atoms with van der Waals surface area (Å²) in [4.78, 5) is 17.5. The number of fused-ring (bicyclic) bond motifs is 1. The van der Waals surface area contributed by atoms with Crippen LogP contribution < -0.4 is 10.1 Å². The number of rotatable bonds is 10. The summed E-state index contributed by atoms with van der Waals surface area (Å²) in [6, 6.07) is 19.5. The van der Waals surface area contributed by atoms with Crippen molar-refractivity contribution in [3.63, 3.8) is 0 Å². The monoisotopic (exact) mass is 589 g/mol. The van der Waals surface area contributed by atoms with Crippen molar-refractivity contribution < 1.29 is 9.53 Å². The number of halogens is 1. The van der Waals surface area contributed by atoms with Crippen LogP contribution in [0, 0.1) is 13.8 Å². The van der Waals surface area contributed by atoms with Gasteiger partial charge in [0.2, 0.25) is 5.91 Å². The van der Waals surface area contributed by atoms with E-state index in [2.05, 4.69) is 41.1 Å². The number of hydrogen-bond acceptors (Lipinski definition) is 7. The zero-order valence-corrected chi connectivity index (χ0v) is 24.7. The van der Waals surface area contributed by atoms with Gasteiger partial charge in [0.25, 0.3) is 0 Å². The van der Waals surface area contributed by atoms with Gasteiger partial charge in [-0.05, 0) is 86.5 Å².